The van der Waals surface area contributed by atoms with Crippen LogP contribution in [0.4, 0.5) is 11.6 Å². The number of aromatic amines is 1. The number of fused-ring (bicyclic) bond motifs is 1. The van der Waals surface area contributed by atoms with Crippen LogP contribution >= 0.6 is 0 Å². The number of hydrogen-bond donors (Lipinski definition) is 3. The lowest BCUT2D eigenvalue weighted by molar-refractivity contribution is 1.25. The van der Waals surface area contributed by atoms with Crippen molar-refractivity contribution < 1.29 is 0 Å². The Morgan fingerprint density at radius 3 is 2.58 bits per heavy atom. The summed E-state index contributed by atoms with van der Waals surface area (Å²) in [6.07, 6.45) is 0. The second-order valence-corrected chi connectivity index (χ2v) is 4.07. The summed E-state index contributed by atoms with van der Waals surface area (Å²) in [5.41, 5.74) is 8.54. The Bertz CT molecular complexity index is 682. The average molecular weight is 251 g/mol. The van der Waals surface area contributed by atoms with Gasteiger partial charge in [-0.3, -0.25) is 0 Å². The summed E-state index contributed by atoms with van der Waals surface area (Å²) in [6.45, 7) is 0. The van der Waals surface area contributed by atoms with Gasteiger partial charge in [-0.1, -0.05) is 30.3 Å². The highest BCUT2D eigenvalue weighted by molar-refractivity contribution is 5.93. The van der Waals surface area contributed by atoms with Crippen molar-refractivity contribution >= 4 is 28.6 Å². The van der Waals surface area contributed by atoms with E-state index in [1.54, 1.807) is 0 Å². The molecule has 0 saturated heterocycles. The first kappa shape index (κ1) is 11.3. The maximum atomic E-state index is 5.84. The Hall–Kier alpha value is -2.82. The molecule has 4 N–H and O–H groups in total. The number of nitrogens with two attached hydrogens (primary N) is 1. The number of anilines is 1. The van der Waals surface area contributed by atoms with Gasteiger partial charge in [0.1, 0.15) is 0 Å². The van der Waals surface area contributed by atoms with Crippen LogP contribution in [0.3, 0.4) is 0 Å². The molecule has 2 aromatic carbocycles. The normalized spacial score (nSPS) is 11.7. The van der Waals surface area contributed by atoms with Crippen molar-refractivity contribution in [3.05, 3.63) is 54.6 Å². The number of hydrogen-bond acceptors (Lipinski definition) is 2. The van der Waals surface area contributed by atoms with E-state index in [4.69, 9.17) is 5.73 Å². The highest BCUT2D eigenvalue weighted by Crippen LogP contribution is 2.15. The molecule has 94 valence electrons. The SMILES string of the molecule is NC(=Nc1nc2ccccc2[nH]1)Nc1ccccc1. The Morgan fingerprint density at radius 2 is 1.79 bits per heavy atom. The first-order valence-corrected chi connectivity index (χ1v) is 5.92. The largest absolute Gasteiger partial charge is 0.369 e. The number of benzene rings is 2. The van der Waals surface area contributed by atoms with E-state index in [0.29, 0.717) is 11.9 Å². The van der Waals surface area contributed by atoms with E-state index < -0.39 is 0 Å². The van der Waals surface area contributed by atoms with Crippen LogP contribution in [-0.4, -0.2) is 15.9 Å². The van der Waals surface area contributed by atoms with Crippen molar-refractivity contribution in [1.82, 2.24) is 9.97 Å². The minimum absolute atomic E-state index is 0.297. The number of nitrogens with one attached hydrogen (secondary N) is 2. The van der Waals surface area contributed by atoms with Gasteiger partial charge in [0.05, 0.1) is 11.0 Å². The average Bonchev–Trinajstić information content (AvgIpc) is 2.81. The van der Waals surface area contributed by atoms with Crippen molar-refractivity contribution in [2.75, 3.05) is 5.32 Å². The molecule has 0 saturated carbocycles. The molecule has 0 aliphatic heterocycles. The molecule has 5 heteroatoms. The molecule has 1 aromatic heterocycles. The van der Waals surface area contributed by atoms with E-state index in [1.807, 2.05) is 54.6 Å². The third kappa shape index (κ3) is 2.55. The van der Waals surface area contributed by atoms with Gasteiger partial charge in [0.2, 0.25) is 11.9 Å². The zero-order chi connectivity index (χ0) is 13.1. The summed E-state index contributed by atoms with van der Waals surface area (Å²) in [4.78, 5) is 11.6. The Labute approximate surface area is 110 Å². The van der Waals surface area contributed by atoms with Crippen LogP contribution in [0.15, 0.2) is 59.6 Å². The zero-order valence-electron chi connectivity index (χ0n) is 10.2. The van der Waals surface area contributed by atoms with Crippen LogP contribution < -0.4 is 11.1 Å². The second kappa shape index (κ2) is 4.81. The van der Waals surface area contributed by atoms with Crippen LogP contribution in [0.5, 0.6) is 0 Å². The fraction of sp³-hybridized carbons (Fsp3) is 0. The molecule has 0 bridgehead atoms. The van der Waals surface area contributed by atoms with Gasteiger partial charge in [-0.25, -0.2) is 4.98 Å². The smallest absolute Gasteiger partial charge is 0.231 e. The van der Waals surface area contributed by atoms with Gasteiger partial charge < -0.3 is 16.0 Å². The Balaban J connectivity index is 1.84. The molecular formula is C14H13N5. The van der Waals surface area contributed by atoms with Crippen molar-refractivity contribution in [1.29, 1.82) is 0 Å². The van der Waals surface area contributed by atoms with Gasteiger partial charge in [0.15, 0.2) is 0 Å². The molecule has 0 radical (unpaired) electrons. The molecule has 0 aliphatic carbocycles. The number of imidazole rings is 1. The van der Waals surface area contributed by atoms with Crippen LogP contribution in [0.1, 0.15) is 0 Å². The maximum absolute atomic E-state index is 5.84. The summed E-state index contributed by atoms with van der Waals surface area (Å²) in [5.74, 6) is 0.785. The number of aromatic nitrogens is 2. The quantitative estimate of drug-likeness (QED) is 0.484. The van der Waals surface area contributed by atoms with Gasteiger partial charge in [-0.2, -0.15) is 4.99 Å². The third-order valence-corrected chi connectivity index (χ3v) is 2.65. The molecule has 0 aliphatic rings. The molecule has 0 amide bonds. The van der Waals surface area contributed by atoms with Crippen molar-refractivity contribution in [3.8, 4) is 0 Å². The van der Waals surface area contributed by atoms with Gasteiger partial charge in [0.25, 0.3) is 0 Å². The lowest BCUT2D eigenvalue weighted by atomic mass is 10.3. The minimum Gasteiger partial charge on any atom is -0.369 e. The van der Waals surface area contributed by atoms with Crippen LogP contribution in [0.25, 0.3) is 11.0 Å². The molecular weight excluding hydrogens is 238 g/mol. The first-order valence-electron chi connectivity index (χ1n) is 5.92. The van der Waals surface area contributed by atoms with Gasteiger partial charge in [-0.05, 0) is 24.3 Å². The van der Waals surface area contributed by atoms with Crippen molar-refractivity contribution in [2.24, 2.45) is 10.7 Å². The second-order valence-electron chi connectivity index (χ2n) is 4.07. The molecule has 0 unspecified atom stereocenters. The maximum Gasteiger partial charge on any atom is 0.231 e. The summed E-state index contributed by atoms with van der Waals surface area (Å²) >= 11 is 0. The number of guanidine groups is 1. The Kier molecular flexibility index (Phi) is 2.86. The number of rotatable bonds is 2. The summed E-state index contributed by atoms with van der Waals surface area (Å²) in [7, 11) is 0. The lowest BCUT2D eigenvalue weighted by Crippen LogP contribution is -2.21. The van der Waals surface area contributed by atoms with E-state index in [-0.39, 0.29) is 0 Å². The number of aliphatic imine (C=N–C) groups is 1. The predicted octanol–water partition coefficient (Wildman–Crippen LogP) is 2.62. The van der Waals surface area contributed by atoms with Gasteiger partial charge in [0, 0.05) is 5.69 Å². The predicted molar refractivity (Wildman–Crippen MR) is 77.4 cm³/mol. The van der Waals surface area contributed by atoms with Crippen molar-refractivity contribution in [3.63, 3.8) is 0 Å². The molecule has 0 atom stereocenters. The molecule has 5 nitrogen and oxygen atoms in total. The van der Waals surface area contributed by atoms with E-state index in [2.05, 4.69) is 20.3 Å². The third-order valence-electron chi connectivity index (χ3n) is 2.65. The molecule has 3 rings (SSSR count). The standard InChI is InChI=1S/C14H13N5/c15-13(16-10-6-2-1-3-7-10)19-14-17-11-8-4-5-9-12(11)18-14/h1-9H,(H4,15,16,17,18,19). The monoisotopic (exact) mass is 251 g/mol. The van der Waals surface area contributed by atoms with Crippen LogP contribution in [0.2, 0.25) is 0 Å². The molecule has 3 aromatic rings. The lowest BCUT2D eigenvalue weighted by Gasteiger charge is -2.03. The van der Waals surface area contributed by atoms with Crippen molar-refractivity contribution in [2.45, 2.75) is 0 Å². The van der Waals surface area contributed by atoms with E-state index in [0.717, 1.165) is 16.7 Å². The van der Waals surface area contributed by atoms with Crippen LogP contribution in [0, 0.1) is 0 Å². The zero-order valence-corrected chi connectivity index (χ0v) is 10.2. The summed E-state index contributed by atoms with van der Waals surface area (Å²) in [5, 5.41) is 3.00. The first-order chi connectivity index (χ1) is 9.31. The molecule has 1 heterocycles. The van der Waals surface area contributed by atoms with Gasteiger partial charge in [-0.15, -0.1) is 0 Å². The fourth-order valence-corrected chi connectivity index (χ4v) is 1.80. The molecule has 19 heavy (non-hydrogen) atoms. The topological polar surface area (TPSA) is 79.1 Å². The number of H-pyrrole nitrogens is 1. The van der Waals surface area contributed by atoms with E-state index >= 15 is 0 Å². The van der Waals surface area contributed by atoms with E-state index in [9.17, 15) is 0 Å². The molecule has 0 spiro atoms. The number of para-hydroxylation sites is 3. The fourth-order valence-electron chi connectivity index (χ4n) is 1.80. The highest BCUT2D eigenvalue weighted by Gasteiger charge is 2.01. The minimum atomic E-state index is 0.297. The Morgan fingerprint density at radius 1 is 1.05 bits per heavy atom. The van der Waals surface area contributed by atoms with Gasteiger partial charge >= 0.3 is 0 Å². The summed E-state index contributed by atoms with van der Waals surface area (Å²) < 4.78 is 0. The van der Waals surface area contributed by atoms with E-state index in [1.165, 1.54) is 0 Å². The summed E-state index contributed by atoms with van der Waals surface area (Å²) in [6, 6.07) is 17.4. The highest BCUT2D eigenvalue weighted by atomic mass is 15.2. The number of nitrogens with zero attached hydrogens (tertiary/aromatic N) is 2. The van der Waals surface area contributed by atoms with Crippen LogP contribution in [-0.2, 0) is 0 Å². The molecule has 0 fully saturated rings.